The molecular formula is C25H31F3N4O4. The van der Waals surface area contributed by atoms with Crippen LogP contribution >= 0.6 is 0 Å². The van der Waals surface area contributed by atoms with Crippen LogP contribution in [0.3, 0.4) is 0 Å². The molecule has 0 amide bonds. The summed E-state index contributed by atoms with van der Waals surface area (Å²) < 4.78 is 51.8. The molecule has 1 atom stereocenters. The van der Waals surface area contributed by atoms with E-state index >= 15 is 0 Å². The van der Waals surface area contributed by atoms with Gasteiger partial charge in [-0.15, -0.1) is 0 Å². The van der Waals surface area contributed by atoms with E-state index in [1.54, 1.807) is 12.1 Å². The van der Waals surface area contributed by atoms with Gasteiger partial charge in [0, 0.05) is 25.2 Å². The summed E-state index contributed by atoms with van der Waals surface area (Å²) in [5.74, 6) is -0.395. The molecule has 0 aliphatic carbocycles. The minimum absolute atomic E-state index is 0.00437. The van der Waals surface area contributed by atoms with Gasteiger partial charge in [0.15, 0.2) is 0 Å². The smallest absolute Gasteiger partial charge is 0.417 e. The highest BCUT2D eigenvalue weighted by Crippen LogP contribution is 2.40. The first kappa shape index (κ1) is 26.2. The van der Waals surface area contributed by atoms with Crippen molar-refractivity contribution in [3.8, 4) is 11.4 Å². The Morgan fingerprint density at radius 2 is 1.86 bits per heavy atom. The predicted octanol–water partition coefficient (Wildman–Crippen LogP) is 4.73. The Labute approximate surface area is 207 Å². The SMILES string of the molecule is CC(C)CC1ONC(c2nc(-c3ccc(CN4CC(C(=O)OC(C)(C)C)C4)cc3)no2)=C1C(F)(F)F. The molecule has 0 saturated carbocycles. The molecule has 1 fully saturated rings. The van der Waals surface area contributed by atoms with Gasteiger partial charge < -0.3 is 9.26 Å². The van der Waals surface area contributed by atoms with Crippen LogP contribution in [0.25, 0.3) is 17.1 Å². The largest absolute Gasteiger partial charge is 0.460 e. The summed E-state index contributed by atoms with van der Waals surface area (Å²) in [5, 5.41) is 3.86. The highest BCUT2D eigenvalue weighted by Gasteiger charge is 2.47. The second-order valence-corrected chi connectivity index (χ2v) is 10.7. The Kier molecular flexibility index (Phi) is 7.16. The molecule has 1 unspecified atom stereocenters. The number of aromatic nitrogens is 2. The molecule has 2 aliphatic rings. The summed E-state index contributed by atoms with van der Waals surface area (Å²) in [6.07, 6.45) is -5.55. The zero-order chi connectivity index (χ0) is 26.3. The average Bonchev–Trinajstić information content (AvgIpc) is 3.36. The van der Waals surface area contributed by atoms with Crippen LogP contribution in [0.15, 0.2) is 34.4 Å². The van der Waals surface area contributed by atoms with Crippen molar-refractivity contribution in [3.63, 3.8) is 0 Å². The number of carbonyl (C=O) groups excluding carboxylic acids is 1. The van der Waals surface area contributed by atoms with Gasteiger partial charge in [0.1, 0.15) is 17.4 Å². The van der Waals surface area contributed by atoms with E-state index in [4.69, 9.17) is 14.1 Å². The number of hydroxylamine groups is 1. The third-order valence-corrected chi connectivity index (χ3v) is 5.84. The number of halogens is 3. The van der Waals surface area contributed by atoms with E-state index in [1.165, 1.54) is 0 Å². The number of carbonyl (C=O) groups is 1. The Balaban J connectivity index is 1.40. The third-order valence-electron chi connectivity index (χ3n) is 5.84. The van der Waals surface area contributed by atoms with Gasteiger partial charge in [-0.3, -0.25) is 20.0 Å². The first-order chi connectivity index (χ1) is 16.8. The van der Waals surface area contributed by atoms with E-state index in [-0.39, 0.29) is 41.6 Å². The lowest BCUT2D eigenvalue weighted by Gasteiger charge is -2.38. The molecule has 1 saturated heterocycles. The normalized spacial score (nSPS) is 19.5. The number of alkyl halides is 3. The molecule has 3 heterocycles. The summed E-state index contributed by atoms with van der Waals surface area (Å²) in [5.41, 5.74) is 2.28. The number of likely N-dealkylation sites (tertiary alicyclic amines) is 1. The van der Waals surface area contributed by atoms with Crippen molar-refractivity contribution in [1.29, 1.82) is 0 Å². The first-order valence-corrected chi connectivity index (χ1v) is 11.9. The molecule has 2 aliphatic heterocycles. The molecule has 1 aromatic heterocycles. The molecule has 0 bridgehead atoms. The van der Waals surface area contributed by atoms with Crippen LogP contribution in [0.5, 0.6) is 0 Å². The van der Waals surface area contributed by atoms with Crippen molar-refractivity contribution in [2.24, 2.45) is 11.8 Å². The van der Waals surface area contributed by atoms with Crippen LogP contribution in [0.4, 0.5) is 13.2 Å². The molecular weight excluding hydrogens is 477 g/mol. The summed E-state index contributed by atoms with van der Waals surface area (Å²) in [6, 6.07) is 7.35. The number of nitrogens with one attached hydrogen (secondary N) is 1. The topological polar surface area (TPSA) is 89.7 Å². The van der Waals surface area contributed by atoms with Crippen LogP contribution in [-0.2, 0) is 20.9 Å². The lowest BCUT2D eigenvalue weighted by molar-refractivity contribution is -0.166. The number of hydrogen-bond acceptors (Lipinski definition) is 8. The Hall–Kier alpha value is -2.92. The van der Waals surface area contributed by atoms with E-state index in [9.17, 15) is 18.0 Å². The van der Waals surface area contributed by atoms with E-state index in [1.807, 2.05) is 46.8 Å². The number of rotatable bonds is 7. The Bertz CT molecular complexity index is 1110. The second-order valence-electron chi connectivity index (χ2n) is 10.7. The fourth-order valence-electron chi connectivity index (χ4n) is 4.18. The van der Waals surface area contributed by atoms with Gasteiger partial charge in [0.2, 0.25) is 5.82 Å². The van der Waals surface area contributed by atoms with Gasteiger partial charge in [-0.2, -0.15) is 18.2 Å². The van der Waals surface area contributed by atoms with Crippen molar-refractivity contribution in [1.82, 2.24) is 20.5 Å². The first-order valence-electron chi connectivity index (χ1n) is 11.9. The highest BCUT2D eigenvalue weighted by atomic mass is 19.4. The molecule has 0 radical (unpaired) electrons. The molecule has 1 aromatic carbocycles. The molecule has 36 heavy (non-hydrogen) atoms. The molecule has 0 spiro atoms. The van der Waals surface area contributed by atoms with E-state index in [0.29, 0.717) is 25.2 Å². The van der Waals surface area contributed by atoms with Gasteiger partial charge in [-0.05, 0) is 38.7 Å². The van der Waals surface area contributed by atoms with Crippen LogP contribution in [0.2, 0.25) is 0 Å². The van der Waals surface area contributed by atoms with Crippen molar-refractivity contribution in [2.45, 2.75) is 65.5 Å². The number of esters is 1. The number of ether oxygens (including phenoxy) is 1. The average molecular weight is 509 g/mol. The number of hydrogen-bond donors (Lipinski definition) is 1. The van der Waals surface area contributed by atoms with Gasteiger partial charge in [0.05, 0.1) is 11.5 Å². The molecule has 11 heteroatoms. The van der Waals surface area contributed by atoms with Gasteiger partial charge in [-0.25, -0.2) is 0 Å². The molecule has 2 aromatic rings. The van der Waals surface area contributed by atoms with Gasteiger partial charge in [-0.1, -0.05) is 43.3 Å². The number of benzene rings is 1. The predicted molar refractivity (Wildman–Crippen MR) is 125 cm³/mol. The third kappa shape index (κ3) is 6.07. The monoisotopic (exact) mass is 508 g/mol. The van der Waals surface area contributed by atoms with Crippen LogP contribution < -0.4 is 5.48 Å². The summed E-state index contributed by atoms with van der Waals surface area (Å²) in [6.45, 7) is 11.1. The zero-order valence-electron chi connectivity index (χ0n) is 21.0. The van der Waals surface area contributed by atoms with Crippen molar-refractivity contribution >= 4 is 11.7 Å². The molecule has 1 N–H and O–H groups in total. The van der Waals surface area contributed by atoms with Crippen molar-refractivity contribution < 1.29 is 32.1 Å². The Morgan fingerprint density at radius 3 is 2.44 bits per heavy atom. The molecule has 4 rings (SSSR count). The lowest BCUT2D eigenvalue weighted by atomic mass is 9.98. The quantitative estimate of drug-likeness (QED) is 0.537. The van der Waals surface area contributed by atoms with Gasteiger partial charge in [0.25, 0.3) is 5.89 Å². The van der Waals surface area contributed by atoms with E-state index < -0.39 is 23.5 Å². The van der Waals surface area contributed by atoms with Gasteiger partial charge >= 0.3 is 12.1 Å². The minimum atomic E-state index is -4.60. The van der Waals surface area contributed by atoms with Crippen molar-refractivity contribution in [2.75, 3.05) is 13.1 Å². The fourth-order valence-corrected chi connectivity index (χ4v) is 4.18. The summed E-state index contributed by atoms with van der Waals surface area (Å²) in [4.78, 5) is 23.6. The van der Waals surface area contributed by atoms with Crippen LogP contribution in [0, 0.1) is 11.8 Å². The summed E-state index contributed by atoms with van der Waals surface area (Å²) >= 11 is 0. The maximum Gasteiger partial charge on any atom is 0.417 e. The second kappa shape index (κ2) is 9.85. The zero-order valence-corrected chi connectivity index (χ0v) is 21.0. The van der Waals surface area contributed by atoms with Crippen LogP contribution in [-0.4, -0.2) is 52.0 Å². The standard InChI is InChI=1S/C25H31F3N4O4/c1-14(2)10-18-19(25(26,27)28)20(30-35-18)22-29-21(31-36-22)16-8-6-15(7-9-16)11-32-12-17(13-32)23(33)34-24(3,4)5/h6-9,14,17-18,30H,10-13H2,1-5H3. The maximum absolute atomic E-state index is 13.8. The molecule has 196 valence electrons. The van der Waals surface area contributed by atoms with Crippen LogP contribution in [0.1, 0.15) is 52.5 Å². The summed E-state index contributed by atoms with van der Waals surface area (Å²) in [7, 11) is 0. The molecule has 8 nitrogen and oxygen atoms in total. The minimum Gasteiger partial charge on any atom is -0.460 e. The fraction of sp³-hybridized carbons (Fsp3) is 0.560. The van der Waals surface area contributed by atoms with E-state index in [2.05, 4.69) is 20.5 Å². The lowest BCUT2D eigenvalue weighted by Crippen LogP contribution is -2.51. The maximum atomic E-state index is 13.8. The number of nitrogens with zero attached hydrogens (tertiary/aromatic N) is 3. The highest BCUT2D eigenvalue weighted by molar-refractivity contribution is 5.74. The van der Waals surface area contributed by atoms with E-state index in [0.717, 1.165) is 5.56 Å². The Morgan fingerprint density at radius 1 is 1.19 bits per heavy atom. The van der Waals surface area contributed by atoms with Crippen molar-refractivity contribution in [3.05, 3.63) is 41.3 Å².